The van der Waals surface area contributed by atoms with Crippen molar-refractivity contribution in [3.63, 3.8) is 0 Å². The maximum atomic E-state index is 13.1. The van der Waals surface area contributed by atoms with Gasteiger partial charge in [-0.3, -0.25) is 0 Å². The van der Waals surface area contributed by atoms with Gasteiger partial charge < -0.3 is 0 Å². The summed E-state index contributed by atoms with van der Waals surface area (Å²) in [7, 11) is 0. The molecule has 0 radical (unpaired) electrons. The quantitative estimate of drug-likeness (QED) is 0.453. The Morgan fingerprint density at radius 3 is 0.741 bits per heavy atom. The Kier molecular flexibility index (Phi) is 5.90. The second-order valence-corrected chi connectivity index (χ2v) is 5.29. The molecule has 0 heterocycles. The SMILES string of the molecule is CC(F)(C(F)(F)F)C(F)(F)C(F)(F)OC(F)(F)C(F)(F)C(C)(F)C(F)(F)F. The second-order valence-electron chi connectivity index (χ2n) is 5.29. The smallest absolute Gasteiger partial charge is 0.245 e. The molecule has 2 atom stereocenters. The minimum Gasteiger partial charge on any atom is -0.245 e. The van der Waals surface area contributed by atoms with Crippen LogP contribution >= 0.6 is 0 Å². The maximum absolute atomic E-state index is 13.1. The monoisotopic (exact) mass is 446 g/mol. The van der Waals surface area contributed by atoms with Crippen LogP contribution < -0.4 is 0 Å². The number of ether oxygens (including phenoxy) is 1. The van der Waals surface area contributed by atoms with Gasteiger partial charge in [0.15, 0.2) is 0 Å². The molecule has 0 saturated carbocycles. The minimum atomic E-state index is -7.47. The first-order chi connectivity index (χ1) is 11.2. The second kappa shape index (κ2) is 6.17. The van der Waals surface area contributed by atoms with Gasteiger partial charge in [0.2, 0.25) is 0 Å². The van der Waals surface area contributed by atoms with Crippen LogP contribution in [0.15, 0.2) is 0 Å². The Morgan fingerprint density at radius 2 is 0.593 bits per heavy atom. The van der Waals surface area contributed by atoms with Crippen LogP contribution in [0.5, 0.6) is 0 Å². The summed E-state index contributed by atoms with van der Waals surface area (Å²) in [5, 5.41) is 0. The highest BCUT2D eigenvalue weighted by atomic mass is 19.4. The third-order valence-corrected chi connectivity index (χ3v) is 3.23. The maximum Gasteiger partial charge on any atom is 0.428 e. The first-order valence-electron chi connectivity index (χ1n) is 5.93. The first-order valence-corrected chi connectivity index (χ1v) is 5.93. The number of alkyl halides is 16. The van der Waals surface area contributed by atoms with Crippen molar-refractivity contribution in [2.75, 3.05) is 0 Å². The van der Waals surface area contributed by atoms with Gasteiger partial charge in [-0.2, -0.15) is 61.5 Å². The van der Waals surface area contributed by atoms with Crippen molar-refractivity contribution >= 4 is 0 Å². The Bertz CT molecular complexity index is 490. The van der Waals surface area contributed by atoms with Crippen LogP contribution in [0.3, 0.4) is 0 Å². The summed E-state index contributed by atoms with van der Waals surface area (Å²) in [4.78, 5) is 0. The molecule has 0 aromatic heterocycles. The van der Waals surface area contributed by atoms with Crippen molar-refractivity contribution in [3.8, 4) is 0 Å². The molecule has 0 aliphatic carbocycles. The average Bonchev–Trinajstić information content (AvgIpc) is 2.33. The average molecular weight is 446 g/mol. The van der Waals surface area contributed by atoms with Gasteiger partial charge in [-0.05, 0) is 13.8 Å². The van der Waals surface area contributed by atoms with Gasteiger partial charge in [-0.15, -0.1) is 0 Å². The molecule has 0 rings (SSSR count). The summed E-state index contributed by atoms with van der Waals surface area (Å²) in [5.74, 6) is -14.7. The zero-order valence-electron chi connectivity index (χ0n) is 12.5. The molecule has 0 aliphatic heterocycles. The van der Waals surface area contributed by atoms with Crippen LogP contribution in [0.2, 0.25) is 0 Å². The van der Waals surface area contributed by atoms with E-state index in [-0.39, 0.29) is 0 Å². The molecule has 17 heteroatoms. The molecule has 164 valence electrons. The normalized spacial score (nSPS) is 20.2. The summed E-state index contributed by atoms with van der Waals surface area (Å²) in [5.41, 5.74) is -12.8. The molecule has 27 heavy (non-hydrogen) atoms. The highest BCUT2D eigenvalue weighted by Crippen LogP contribution is 2.57. The van der Waals surface area contributed by atoms with Crippen molar-refractivity contribution in [2.45, 2.75) is 61.6 Å². The van der Waals surface area contributed by atoms with Gasteiger partial charge in [0.1, 0.15) is 0 Å². The predicted octanol–water partition coefficient (Wildman–Crippen LogP) is 6.04. The van der Waals surface area contributed by atoms with Crippen molar-refractivity contribution in [1.29, 1.82) is 0 Å². The summed E-state index contributed by atoms with van der Waals surface area (Å²) in [6, 6.07) is 0. The number of rotatable bonds is 6. The van der Waals surface area contributed by atoms with E-state index >= 15 is 0 Å². The fourth-order valence-corrected chi connectivity index (χ4v) is 1.19. The lowest BCUT2D eigenvalue weighted by atomic mass is 9.97. The lowest BCUT2D eigenvalue weighted by Gasteiger charge is -2.40. The lowest BCUT2D eigenvalue weighted by Crippen LogP contribution is -2.68. The number of halogens is 16. The Labute approximate surface area is 138 Å². The molecule has 0 spiro atoms. The van der Waals surface area contributed by atoms with E-state index in [1.165, 1.54) is 4.74 Å². The van der Waals surface area contributed by atoms with Gasteiger partial charge in [-0.1, -0.05) is 0 Å². The molecular weight excluding hydrogens is 440 g/mol. The first kappa shape index (κ1) is 25.8. The van der Waals surface area contributed by atoms with E-state index in [0.29, 0.717) is 0 Å². The van der Waals surface area contributed by atoms with Crippen molar-refractivity contribution in [2.24, 2.45) is 0 Å². The molecule has 0 aromatic carbocycles. The fraction of sp³-hybridized carbons (Fsp3) is 1.00. The minimum absolute atomic E-state index is 1.31. The lowest BCUT2D eigenvalue weighted by molar-refractivity contribution is -0.504. The van der Waals surface area contributed by atoms with Crippen molar-refractivity contribution in [1.82, 2.24) is 0 Å². The number of hydrogen-bond donors (Lipinski definition) is 0. The molecule has 0 fully saturated rings. The zero-order chi connectivity index (χ0) is 22.7. The zero-order valence-corrected chi connectivity index (χ0v) is 12.5. The van der Waals surface area contributed by atoms with Crippen LogP contribution in [-0.4, -0.2) is 47.8 Å². The summed E-state index contributed by atoms with van der Waals surface area (Å²) in [6.07, 6.45) is -28.7. The fourth-order valence-electron chi connectivity index (χ4n) is 1.19. The van der Waals surface area contributed by atoms with Crippen LogP contribution in [-0.2, 0) is 4.74 Å². The van der Waals surface area contributed by atoms with E-state index in [1.54, 1.807) is 0 Å². The molecule has 1 nitrogen and oxygen atoms in total. The van der Waals surface area contributed by atoms with Gasteiger partial charge in [0, 0.05) is 0 Å². The van der Waals surface area contributed by atoms with Gasteiger partial charge in [0.25, 0.3) is 11.3 Å². The Morgan fingerprint density at radius 1 is 0.407 bits per heavy atom. The standard InChI is InChI=1S/C10H6F16O/c1-3(11,7(17,18)19)5(13,14)9(23,24)27-10(25,26)6(15,16)4(2,12)8(20,21)22/h1-2H3. The van der Waals surface area contributed by atoms with Crippen molar-refractivity contribution in [3.05, 3.63) is 0 Å². The molecule has 0 bridgehead atoms. The number of hydrogen-bond acceptors (Lipinski definition) is 1. The topological polar surface area (TPSA) is 9.23 Å². The third kappa shape index (κ3) is 3.74. The molecular formula is C10H6F16O. The summed E-state index contributed by atoms with van der Waals surface area (Å²) in [6.45, 7) is -2.62. The van der Waals surface area contributed by atoms with Crippen LogP contribution in [0.4, 0.5) is 70.2 Å². The summed E-state index contributed by atoms with van der Waals surface area (Å²) < 4.78 is 204. The molecule has 0 amide bonds. The van der Waals surface area contributed by atoms with E-state index in [4.69, 9.17) is 0 Å². The molecule has 2 unspecified atom stereocenters. The predicted molar refractivity (Wildman–Crippen MR) is 52.0 cm³/mol. The molecule has 0 aliphatic rings. The third-order valence-electron chi connectivity index (χ3n) is 3.23. The summed E-state index contributed by atoms with van der Waals surface area (Å²) >= 11 is 0. The van der Waals surface area contributed by atoms with Gasteiger partial charge in [0.05, 0.1) is 0 Å². The van der Waals surface area contributed by atoms with E-state index in [9.17, 15) is 70.2 Å². The molecule has 0 aromatic rings. The van der Waals surface area contributed by atoms with E-state index in [0.717, 1.165) is 0 Å². The van der Waals surface area contributed by atoms with Crippen molar-refractivity contribution < 1.29 is 75.0 Å². The highest BCUT2D eigenvalue weighted by molar-refractivity contribution is 5.04. The van der Waals surface area contributed by atoms with E-state index < -0.39 is 61.6 Å². The van der Waals surface area contributed by atoms with Gasteiger partial charge in [-0.25, -0.2) is 13.5 Å². The van der Waals surface area contributed by atoms with Crippen LogP contribution in [0.1, 0.15) is 13.8 Å². The van der Waals surface area contributed by atoms with Gasteiger partial charge >= 0.3 is 36.4 Å². The van der Waals surface area contributed by atoms with E-state index in [2.05, 4.69) is 0 Å². The largest absolute Gasteiger partial charge is 0.428 e. The highest BCUT2D eigenvalue weighted by Gasteiger charge is 2.84. The Balaban J connectivity index is 6.19. The molecule has 0 N–H and O–H groups in total. The Hall–Kier alpha value is -1.16. The van der Waals surface area contributed by atoms with E-state index in [1.807, 2.05) is 0 Å². The van der Waals surface area contributed by atoms with Crippen LogP contribution in [0.25, 0.3) is 0 Å². The molecule has 0 saturated heterocycles. The van der Waals surface area contributed by atoms with Crippen LogP contribution in [0, 0.1) is 0 Å².